The first kappa shape index (κ1) is 16.1. The average molecular weight is 364 g/mol. The SMILES string of the molecule is O=C(NC1(C(F)(F)F)N=C2SCCN2C1=O)c1ccc(Cl)cc1. The number of carbonyl (C=O) groups is 2. The Labute approximate surface area is 137 Å². The number of aliphatic imine (C=N–C) groups is 1. The predicted molar refractivity (Wildman–Crippen MR) is 79.3 cm³/mol. The first-order valence-electron chi connectivity index (χ1n) is 6.44. The van der Waals surface area contributed by atoms with Crippen molar-refractivity contribution < 1.29 is 22.8 Å². The number of thioether (sulfide) groups is 1. The van der Waals surface area contributed by atoms with E-state index >= 15 is 0 Å². The van der Waals surface area contributed by atoms with Crippen molar-refractivity contribution in [3.8, 4) is 0 Å². The number of nitrogens with zero attached hydrogens (tertiary/aromatic N) is 2. The Balaban J connectivity index is 1.96. The van der Waals surface area contributed by atoms with E-state index in [0.29, 0.717) is 10.8 Å². The van der Waals surface area contributed by atoms with Crippen LogP contribution < -0.4 is 5.32 Å². The first-order chi connectivity index (χ1) is 10.7. The van der Waals surface area contributed by atoms with Crippen LogP contribution in [-0.4, -0.2) is 46.0 Å². The molecule has 0 bridgehead atoms. The van der Waals surface area contributed by atoms with Crippen LogP contribution in [0, 0.1) is 0 Å². The van der Waals surface area contributed by atoms with Crippen molar-refractivity contribution in [1.82, 2.24) is 10.2 Å². The van der Waals surface area contributed by atoms with Gasteiger partial charge >= 0.3 is 11.8 Å². The lowest BCUT2D eigenvalue weighted by Crippen LogP contribution is -2.63. The molecule has 1 fully saturated rings. The van der Waals surface area contributed by atoms with Crippen LogP contribution >= 0.6 is 23.4 Å². The van der Waals surface area contributed by atoms with Crippen LogP contribution in [0.2, 0.25) is 5.02 Å². The van der Waals surface area contributed by atoms with Crippen molar-refractivity contribution in [3.05, 3.63) is 34.9 Å². The Morgan fingerprint density at radius 2 is 2.00 bits per heavy atom. The number of hydrogen-bond acceptors (Lipinski definition) is 4. The minimum atomic E-state index is -5.05. The van der Waals surface area contributed by atoms with E-state index in [1.54, 1.807) is 5.32 Å². The maximum Gasteiger partial charge on any atom is 0.442 e. The maximum atomic E-state index is 13.5. The summed E-state index contributed by atoms with van der Waals surface area (Å²) in [4.78, 5) is 28.8. The van der Waals surface area contributed by atoms with Crippen molar-refractivity contribution in [3.63, 3.8) is 0 Å². The lowest BCUT2D eigenvalue weighted by Gasteiger charge is -2.28. The van der Waals surface area contributed by atoms with E-state index in [4.69, 9.17) is 11.6 Å². The van der Waals surface area contributed by atoms with Gasteiger partial charge in [0.05, 0.1) is 0 Å². The number of amidine groups is 1. The van der Waals surface area contributed by atoms with Gasteiger partial charge in [0, 0.05) is 22.9 Å². The van der Waals surface area contributed by atoms with E-state index in [1.165, 1.54) is 24.3 Å². The van der Waals surface area contributed by atoms with Crippen LogP contribution in [0.25, 0.3) is 0 Å². The van der Waals surface area contributed by atoms with Crippen molar-refractivity contribution in [1.29, 1.82) is 0 Å². The summed E-state index contributed by atoms with van der Waals surface area (Å²) in [5, 5.41) is 2.06. The normalized spacial score (nSPS) is 23.7. The molecule has 2 heterocycles. The minimum absolute atomic E-state index is 0.0243. The third-order valence-electron chi connectivity index (χ3n) is 3.41. The van der Waals surface area contributed by atoms with Crippen molar-refractivity contribution in [2.24, 2.45) is 4.99 Å². The Morgan fingerprint density at radius 1 is 1.35 bits per heavy atom. The van der Waals surface area contributed by atoms with E-state index in [0.717, 1.165) is 16.7 Å². The van der Waals surface area contributed by atoms with Gasteiger partial charge in [-0.15, -0.1) is 0 Å². The fourth-order valence-electron chi connectivity index (χ4n) is 2.24. The lowest BCUT2D eigenvalue weighted by molar-refractivity contribution is -0.196. The molecular formula is C13H9ClF3N3O2S. The van der Waals surface area contributed by atoms with E-state index in [1.807, 2.05) is 0 Å². The quantitative estimate of drug-likeness (QED) is 0.877. The van der Waals surface area contributed by atoms with Crippen LogP contribution in [0.5, 0.6) is 0 Å². The number of rotatable bonds is 2. The number of hydrogen-bond donors (Lipinski definition) is 1. The molecule has 1 aromatic rings. The molecule has 1 N–H and O–H groups in total. The summed E-state index contributed by atoms with van der Waals surface area (Å²) in [5.74, 6) is -1.86. The molecule has 10 heteroatoms. The topological polar surface area (TPSA) is 61.8 Å². The summed E-state index contributed by atoms with van der Waals surface area (Å²) in [6.45, 7) is 0.136. The van der Waals surface area contributed by atoms with Crippen molar-refractivity contribution in [2.45, 2.75) is 11.8 Å². The number of fused-ring (bicyclic) bond motifs is 1. The fraction of sp³-hybridized carbons (Fsp3) is 0.308. The van der Waals surface area contributed by atoms with Crippen LogP contribution in [0.3, 0.4) is 0 Å². The van der Waals surface area contributed by atoms with E-state index in [-0.39, 0.29) is 17.3 Å². The predicted octanol–water partition coefficient (Wildman–Crippen LogP) is 2.27. The molecule has 0 aromatic heterocycles. The Bertz CT molecular complexity index is 707. The third-order valence-corrected chi connectivity index (χ3v) is 4.61. The van der Waals surface area contributed by atoms with Crippen LogP contribution in [0.1, 0.15) is 10.4 Å². The largest absolute Gasteiger partial charge is 0.442 e. The molecule has 1 saturated heterocycles. The summed E-state index contributed by atoms with van der Waals surface area (Å²) in [6.07, 6.45) is -5.05. The smallest absolute Gasteiger partial charge is 0.312 e. The van der Waals surface area contributed by atoms with Gasteiger partial charge in [-0.1, -0.05) is 23.4 Å². The van der Waals surface area contributed by atoms with Crippen molar-refractivity contribution >= 4 is 40.3 Å². The second-order valence-corrected chi connectivity index (χ2v) is 6.37. The second-order valence-electron chi connectivity index (χ2n) is 4.87. The molecule has 1 unspecified atom stereocenters. The minimum Gasteiger partial charge on any atom is -0.312 e. The van der Waals surface area contributed by atoms with Gasteiger partial charge in [0.25, 0.3) is 11.8 Å². The van der Waals surface area contributed by atoms with Gasteiger partial charge in [-0.05, 0) is 24.3 Å². The highest BCUT2D eigenvalue weighted by molar-refractivity contribution is 8.14. The summed E-state index contributed by atoms with van der Waals surface area (Å²) >= 11 is 6.72. The van der Waals surface area contributed by atoms with Gasteiger partial charge in [-0.2, -0.15) is 13.2 Å². The molecular weight excluding hydrogens is 355 g/mol. The average Bonchev–Trinajstić information content (AvgIpc) is 3.02. The zero-order valence-electron chi connectivity index (χ0n) is 11.4. The zero-order valence-corrected chi connectivity index (χ0v) is 12.9. The Hall–Kier alpha value is -1.74. The zero-order chi connectivity index (χ0) is 16.8. The molecule has 5 nitrogen and oxygen atoms in total. The fourth-order valence-corrected chi connectivity index (χ4v) is 3.36. The van der Waals surface area contributed by atoms with Gasteiger partial charge < -0.3 is 5.32 Å². The molecule has 0 aliphatic carbocycles. The van der Waals surface area contributed by atoms with Crippen LogP contribution in [0.15, 0.2) is 29.3 Å². The maximum absolute atomic E-state index is 13.5. The molecule has 3 rings (SSSR count). The molecule has 23 heavy (non-hydrogen) atoms. The number of nitrogens with one attached hydrogen (secondary N) is 1. The highest BCUT2D eigenvalue weighted by Gasteiger charge is 2.67. The Morgan fingerprint density at radius 3 is 2.57 bits per heavy atom. The molecule has 122 valence electrons. The van der Waals surface area contributed by atoms with E-state index in [2.05, 4.69) is 4.99 Å². The molecule has 0 radical (unpaired) electrons. The number of carbonyl (C=O) groups excluding carboxylic acids is 2. The Kier molecular flexibility index (Phi) is 3.80. The summed E-state index contributed by atoms with van der Waals surface area (Å²) in [6, 6.07) is 5.27. The first-order valence-corrected chi connectivity index (χ1v) is 7.80. The van der Waals surface area contributed by atoms with Gasteiger partial charge in [-0.25, -0.2) is 4.99 Å². The molecule has 2 aliphatic heterocycles. The number of alkyl halides is 3. The van der Waals surface area contributed by atoms with E-state index in [9.17, 15) is 22.8 Å². The number of halogens is 4. The van der Waals surface area contributed by atoms with Crippen LogP contribution in [-0.2, 0) is 4.79 Å². The van der Waals surface area contributed by atoms with Gasteiger partial charge in [0.2, 0.25) is 0 Å². The summed E-state index contributed by atoms with van der Waals surface area (Å²) < 4.78 is 40.5. The highest BCUT2D eigenvalue weighted by atomic mass is 35.5. The number of benzene rings is 1. The van der Waals surface area contributed by atoms with Gasteiger partial charge in [0.1, 0.15) is 0 Å². The van der Waals surface area contributed by atoms with Gasteiger partial charge in [-0.3, -0.25) is 14.5 Å². The van der Waals surface area contributed by atoms with Crippen molar-refractivity contribution in [2.75, 3.05) is 12.3 Å². The standard InChI is InChI=1S/C13H9ClF3N3O2S/c14-8-3-1-7(2-4-8)9(21)18-12(13(15,16)17)10(22)20-5-6-23-11(20)19-12/h1-4H,5-6H2,(H,18,21). The molecule has 0 spiro atoms. The number of amides is 2. The summed E-state index contributed by atoms with van der Waals surface area (Å²) in [5.41, 5.74) is -3.32. The summed E-state index contributed by atoms with van der Waals surface area (Å²) in [7, 11) is 0. The molecule has 1 atom stereocenters. The molecule has 0 saturated carbocycles. The van der Waals surface area contributed by atoms with Gasteiger partial charge in [0.15, 0.2) is 5.17 Å². The monoisotopic (exact) mass is 363 g/mol. The van der Waals surface area contributed by atoms with Crippen LogP contribution in [0.4, 0.5) is 13.2 Å². The highest BCUT2D eigenvalue weighted by Crippen LogP contribution is 2.41. The molecule has 1 aromatic carbocycles. The molecule has 2 amide bonds. The third kappa shape index (κ3) is 2.57. The lowest BCUT2D eigenvalue weighted by atomic mass is 10.1. The second kappa shape index (κ2) is 5.41. The van der Waals surface area contributed by atoms with E-state index < -0.39 is 23.7 Å². The molecule has 2 aliphatic rings.